The van der Waals surface area contributed by atoms with Crippen LogP contribution in [0.2, 0.25) is 0 Å². The van der Waals surface area contributed by atoms with Crippen molar-refractivity contribution in [2.75, 3.05) is 10.4 Å². The van der Waals surface area contributed by atoms with Gasteiger partial charge in [-0.2, -0.15) is 15.2 Å². The van der Waals surface area contributed by atoms with Crippen LogP contribution >= 0.6 is 0 Å². The molecule has 2 aliphatic rings. The largest absolute Gasteiger partial charge is 0.505 e. The predicted molar refractivity (Wildman–Crippen MR) is 146 cm³/mol. The molecule has 4 aromatic rings. The first-order valence-electron chi connectivity index (χ1n) is 12.4. The van der Waals surface area contributed by atoms with Gasteiger partial charge in [0, 0.05) is 11.1 Å². The fraction of sp³-hybridized carbons (Fsp3) is 0.214. The molecular weight excluding hydrogens is 480 g/mol. The van der Waals surface area contributed by atoms with E-state index in [1.54, 1.807) is 25.1 Å². The zero-order chi connectivity index (χ0) is 26.4. The highest BCUT2D eigenvalue weighted by atomic mass is 16.3. The van der Waals surface area contributed by atoms with E-state index in [1.165, 1.54) is 16.1 Å². The zero-order valence-corrected chi connectivity index (χ0v) is 21.2. The predicted octanol–water partition coefficient (Wildman–Crippen LogP) is 4.65. The number of nitrogens with one attached hydrogen (secondary N) is 2. The van der Waals surface area contributed by atoms with Gasteiger partial charge in [0.25, 0.3) is 0 Å². The molecule has 3 N–H and O–H groups in total. The van der Waals surface area contributed by atoms with E-state index in [0.29, 0.717) is 22.8 Å². The lowest BCUT2D eigenvalue weighted by molar-refractivity contribution is -0.112. The maximum Gasteiger partial charge on any atom is 0.301 e. The van der Waals surface area contributed by atoms with E-state index in [4.69, 9.17) is 0 Å². The second kappa shape index (κ2) is 8.91. The average molecular weight is 507 g/mol. The number of fused-ring (bicyclic) bond motifs is 1. The van der Waals surface area contributed by atoms with Gasteiger partial charge in [-0.3, -0.25) is 10.2 Å². The molecule has 0 unspecified atom stereocenters. The first-order chi connectivity index (χ1) is 18.3. The van der Waals surface area contributed by atoms with Gasteiger partial charge in [-0.15, -0.1) is 5.10 Å². The molecule has 0 bridgehead atoms. The number of carbonyl (C=O) groups excluding carboxylic acids is 1. The van der Waals surface area contributed by atoms with Crippen molar-refractivity contribution < 1.29 is 9.90 Å². The Kier molecular flexibility index (Phi) is 5.52. The second-order valence-electron chi connectivity index (χ2n) is 10.1. The number of hydrogen-bond donors (Lipinski definition) is 3. The van der Waals surface area contributed by atoms with E-state index in [2.05, 4.69) is 62.2 Å². The van der Waals surface area contributed by atoms with Crippen LogP contribution < -0.4 is 10.4 Å². The third-order valence-corrected chi connectivity index (χ3v) is 7.19. The molecule has 1 aromatic heterocycles. The highest BCUT2D eigenvalue weighted by Crippen LogP contribution is 2.40. The SMILES string of the molecule is CC1=NN(c2ccc3c(c2)C(C)(C)CC3)C(=O)/C1=N/Nc1cccc(-c2cccc(-c3nnn[nH]3)c2)c1O. The maximum absolute atomic E-state index is 13.3. The second-order valence-corrected chi connectivity index (χ2v) is 10.1. The number of benzene rings is 3. The van der Waals surface area contributed by atoms with Crippen molar-refractivity contribution >= 4 is 28.7 Å². The quantitative estimate of drug-likeness (QED) is 0.267. The third-order valence-electron chi connectivity index (χ3n) is 7.19. The van der Waals surface area contributed by atoms with Crippen molar-refractivity contribution in [2.45, 2.75) is 39.0 Å². The number of carbonyl (C=O) groups is 1. The number of aromatic nitrogens is 4. The number of tetrazole rings is 1. The summed E-state index contributed by atoms with van der Waals surface area (Å²) in [7, 11) is 0. The van der Waals surface area contributed by atoms with E-state index in [9.17, 15) is 9.90 Å². The molecular formula is C28H26N8O2. The lowest BCUT2D eigenvalue weighted by Gasteiger charge is -2.21. The Hall–Kier alpha value is -4.86. The Balaban J connectivity index is 1.26. The van der Waals surface area contributed by atoms with E-state index in [1.807, 2.05) is 30.3 Å². The molecule has 190 valence electrons. The number of aromatic amines is 1. The first kappa shape index (κ1) is 23.5. The Morgan fingerprint density at radius 2 is 1.89 bits per heavy atom. The molecule has 1 amide bonds. The van der Waals surface area contributed by atoms with Gasteiger partial charge in [-0.1, -0.05) is 50.2 Å². The number of hydrazone groups is 2. The van der Waals surface area contributed by atoms with Gasteiger partial charge in [-0.05, 0) is 76.6 Å². The maximum atomic E-state index is 13.3. The number of rotatable bonds is 5. The molecule has 6 rings (SSSR count). The highest BCUT2D eigenvalue weighted by molar-refractivity contribution is 6.71. The van der Waals surface area contributed by atoms with Crippen LogP contribution in [0.3, 0.4) is 0 Å². The zero-order valence-electron chi connectivity index (χ0n) is 21.2. The fourth-order valence-electron chi connectivity index (χ4n) is 5.03. The van der Waals surface area contributed by atoms with Crippen LogP contribution in [0.5, 0.6) is 5.75 Å². The number of para-hydroxylation sites is 1. The molecule has 3 aromatic carbocycles. The first-order valence-corrected chi connectivity index (χ1v) is 12.4. The van der Waals surface area contributed by atoms with Gasteiger partial charge in [-0.25, -0.2) is 5.10 Å². The van der Waals surface area contributed by atoms with Crippen LogP contribution in [0, 0.1) is 0 Å². The Morgan fingerprint density at radius 3 is 2.71 bits per heavy atom. The number of H-pyrrole nitrogens is 1. The molecule has 0 saturated heterocycles. The fourth-order valence-corrected chi connectivity index (χ4v) is 5.03. The van der Waals surface area contributed by atoms with E-state index in [0.717, 1.165) is 29.7 Å². The van der Waals surface area contributed by atoms with Gasteiger partial charge >= 0.3 is 5.91 Å². The van der Waals surface area contributed by atoms with E-state index in [-0.39, 0.29) is 22.8 Å². The molecule has 1 aliphatic heterocycles. The van der Waals surface area contributed by atoms with Crippen molar-refractivity contribution in [1.29, 1.82) is 0 Å². The summed E-state index contributed by atoms with van der Waals surface area (Å²) in [4.78, 5) is 13.3. The number of phenols is 1. The number of anilines is 2. The summed E-state index contributed by atoms with van der Waals surface area (Å²) in [5.74, 6) is 0.204. The van der Waals surface area contributed by atoms with Crippen LogP contribution in [0.1, 0.15) is 38.3 Å². The Bertz CT molecular complexity index is 1620. The molecule has 38 heavy (non-hydrogen) atoms. The number of aromatic hydroxyl groups is 1. The molecule has 1 aliphatic carbocycles. The van der Waals surface area contributed by atoms with E-state index < -0.39 is 0 Å². The minimum absolute atomic E-state index is 0.00226. The monoisotopic (exact) mass is 506 g/mol. The van der Waals surface area contributed by atoms with E-state index >= 15 is 0 Å². The third kappa shape index (κ3) is 4.00. The van der Waals surface area contributed by atoms with Crippen LogP contribution in [0.25, 0.3) is 22.5 Å². The van der Waals surface area contributed by atoms with Crippen molar-refractivity contribution in [3.8, 4) is 28.3 Å². The molecule has 0 spiro atoms. The summed E-state index contributed by atoms with van der Waals surface area (Å²) >= 11 is 0. The topological polar surface area (TPSA) is 132 Å². The van der Waals surface area contributed by atoms with Gasteiger partial charge in [0.05, 0.1) is 17.1 Å². The standard InChI is InChI=1S/C28H26N8O2/c1-16-24(27(38)36(33-16)20-11-10-17-12-13-28(2,3)22(17)15-20)30-29-23-9-5-8-21(25(23)37)18-6-4-7-19(14-18)26-31-34-35-32-26/h4-11,14-15,29,37H,12-13H2,1-3H3,(H,31,32,34,35)/b30-24+. The van der Waals surface area contributed by atoms with Crippen molar-refractivity contribution in [2.24, 2.45) is 10.2 Å². The smallest absolute Gasteiger partial charge is 0.301 e. The van der Waals surface area contributed by atoms with Crippen molar-refractivity contribution in [3.63, 3.8) is 0 Å². The molecule has 0 saturated carbocycles. The summed E-state index contributed by atoms with van der Waals surface area (Å²) in [6.45, 7) is 6.19. The van der Waals surface area contributed by atoms with Gasteiger partial charge in [0.2, 0.25) is 0 Å². The molecule has 0 radical (unpaired) electrons. The summed E-state index contributed by atoms with van der Waals surface area (Å²) in [6, 6.07) is 18.9. The van der Waals surface area contributed by atoms with Crippen molar-refractivity contribution in [1.82, 2.24) is 20.6 Å². The lowest BCUT2D eigenvalue weighted by Crippen LogP contribution is -2.28. The minimum Gasteiger partial charge on any atom is -0.505 e. The van der Waals surface area contributed by atoms with Crippen LogP contribution in [0.15, 0.2) is 70.9 Å². The van der Waals surface area contributed by atoms with Crippen LogP contribution in [0.4, 0.5) is 11.4 Å². The van der Waals surface area contributed by atoms with Crippen molar-refractivity contribution in [3.05, 3.63) is 71.8 Å². The molecule has 0 fully saturated rings. The Morgan fingerprint density at radius 1 is 1.08 bits per heavy atom. The Labute approximate surface area is 219 Å². The average Bonchev–Trinajstić information content (AvgIpc) is 3.63. The van der Waals surface area contributed by atoms with Crippen LogP contribution in [-0.4, -0.2) is 43.1 Å². The summed E-state index contributed by atoms with van der Waals surface area (Å²) in [5, 5.41) is 35.2. The summed E-state index contributed by atoms with van der Waals surface area (Å²) in [6.07, 6.45) is 2.13. The highest BCUT2D eigenvalue weighted by Gasteiger charge is 2.34. The molecule has 0 atom stereocenters. The molecule has 10 nitrogen and oxygen atoms in total. The van der Waals surface area contributed by atoms with Gasteiger partial charge in [0.1, 0.15) is 5.75 Å². The number of phenolic OH excluding ortho intramolecular Hbond substituents is 1. The lowest BCUT2D eigenvalue weighted by atomic mass is 9.86. The number of nitrogens with zero attached hydrogens (tertiary/aromatic N) is 6. The van der Waals surface area contributed by atoms with Gasteiger partial charge in [0.15, 0.2) is 11.5 Å². The summed E-state index contributed by atoms with van der Waals surface area (Å²) < 4.78 is 0. The summed E-state index contributed by atoms with van der Waals surface area (Å²) in [5.41, 5.74) is 9.42. The van der Waals surface area contributed by atoms with Crippen LogP contribution in [-0.2, 0) is 16.6 Å². The number of amides is 1. The number of hydrogen-bond acceptors (Lipinski definition) is 8. The number of aryl methyl sites for hydroxylation is 1. The van der Waals surface area contributed by atoms with Gasteiger partial charge < -0.3 is 5.11 Å². The normalized spacial score (nSPS) is 17.1. The minimum atomic E-state index is -0.324. The molecule has 10 heteroatoms. The molecule has 2 heterocycles.